The number of rotatable bonds is 4. The molecular weight excluding hydrogens is 353 g/mol. The van der Waals surface area contributed by atoms with Crippen molar-refractivity contribution in [2.24, 2.45) is 13.0 Å². The molecule has 0 saturated carbocycles. The predicted molar refractivity (Wildman–Crippen MR) is 124 cm³/mol. The molecule has 0 fully saturated rings. The van der Waals surface area contributed by atoms with Crippen LogP contribution in [0.5, 0.6) is 0 Å². The molecule has 2 heterocycles. The molecule has 0 bridgehead atoms. The molecular formula is C25H33BN3+. The summed E-state index contributed by atoms with van der Waals surface area (Å²) >= 11 is 0. The Labute approximate surface area is 176 Å². The number of imidazole rings is 1. The van der Waals surface area contributed by atoms with Crippen LogP contribution < -0.4 is 14.8 Å². The van der Waals surface area contributed by atoms with E-state index in [2.05, 4.69) is 111 Å². The number of aryl methyl sites for hydroxylation is 3. The van der Waals surface area contributed by atoms with Crippen LogP contribution in [-0.2, 0) is 7.05 Å². The highest BCUT2D eigenvalue weighted by Gasteiger charge is 2.46. The lowest BCUT2D eigenvalue weighted by atomic mass is 9.58. The average Bonchev–Trinajstić information content (AvgIpc) is 3.03. The highest BCUT2D eigenvalue weighted by molar-refractivity contribution is 6.71. The molecule has 0 spiro atoms. The Morgan fingerprint density at radius 3 is 2.34 bits per heavy atom. The molecule has 1 aliphatic rings. The minimum absolute atomic E-state index is 0.168. The molecule has 3 nitrogen and oxygen atoms in total. The van der Waals surface area contributed by atoms with Crippen molar-refractivity contribution in [1.29, 1.82) is 0 Å². The van der Waals surface area contributed by atoms with Gasteiger partial charge in [-0.05, 0) is 48.4 Å². The van der Waals surface area contributed by atoms with Gasteiger partial charge in [-0.25, -0.2) is 4.57 Å². The van der Waals surface area contributed by atoms with E-state index in [0.717, 1.165) is 6.54 Å². The number of hydrogen-bond acceptors (Lipinski definition) is 1. The number of nitrogens with zero attached hydrogens (tertiary/aromatic N) is 3. The van der Waals surface area contributed by atoms with Crippen LogP contribution >= 0.6 is 0 Å². The van der Waals surface area contributed by atoms with Crippen molar-refractivity contribution in [3.63, 3.8) is 0 Å². The number of aromatic nitrogens is 2. The fraction of sp³-hybridized carbons (Fsp3) is 0.400. The molecule has 0 amide bonds. The summed E-state index contributed by atoms with van der Waals surface area (Å²) < 4.78 is 4.77. The zero-order chi connectivity index (χ0) is 20.9. The summed E-state index contributed by atoms with van der Waals surface area (Å²) in [6.45, 7) is 14.9. The molecule has 0 N–H and O–H groups in total. The van der Waals surface area contributed by atoms with Gasteiger partial charge < -0.3 is 4.81 Å². The Morgan fingerprint density at radius 1 is 0.966 bits per heavy atom. The van der Waals surface area contributed by atoms with Crippen molar-refractivity contribution >= 4 is 18.1 Å². The van der Waals surface area contributed by atoms with Crippen molar-refractivity contribution < 1.29 is 4.48 Å². The Morgan fingerprint density at radius 2 is 1.66 bits per heavy atom. The smallest absolute Gasteiger partial charge is 0.369 e. The largest absolute Gasteiger partial charge is 0.537 e. The van der Waals surface area contributed by atoms with Gasteiger partial charge in [-0.1, -0.05) is 58.0 Å². The second-order valence-electron chi connectivity index (χ2n) is 9.26. The summed E-state index contributed by atoms with van der Waals surface area (Å²) in [7, 11) is 2.17. The molecule has 29 heavy (non-hydrogen) atoms. The quantitative estimate of drug-likeness (QED) is 0.604. The van der Waals surface area contributed by atoms with Crippen molar-refractivity contribution in [2.45, 2.75) is 47.5 Å². The molecule has 0 radical (unpaired) electrons. The maximum absolute atomic E-state index is 2.63. The van der Waals surface area contributed by atoms with Crippen LogP contribution in [0.3, 0.4) is 0 Å². The SMILES string of the molecule is Cc1cccc(C(C)C)c1B1N(CC(C)C)c2cccc(C)c2-c2n(C)cc[n+]21. The van der Waals surface area contributed by atoms with Crippen molar-refractivity contribution in [1.82, 2.24) is 4.57 Å². The van der Waals surface area contributed by atoms with E-state index in [-0.39, 0.29) is 6.98 Å². The van der Waals surface area contributed by atoms with E-state index in [9.17, 15) is 0 Å². The van der Waals surface area contributed by atoms with Crippen molar-refractivity contribution in [3.05, 3.63) is 65.5 Å². The first kappa shape index (κ1) is 19.8. The van der Waals surface area contributed by atoms with E-state index in [1.807, 2.05) is 0 Å². The summed E-state index contributed by atoms with van der Waals surface area (Å²) in [5, 5.41) is 0. The normalized spacial score (nSPS) is 13.3. The summed E-state index contributed by atoms with van der Waals surface area (Å²) in [5.74, 6) is 2.35. The summed E-state index contributed by atoms with van der Waals surface area (Å²) in [5.41, 5.74) is 8.31. The van der Waals surface area contributed by atoms with Crippen molar-refractivity contribution in [3.8, 4) is 11.4 Å². The lowest BCUT2D eigenvalue weighted by Crippen LogP contribution is -2.72. The molecule has 150 valence electrons. The fourth-order valence-electron chi connectivity index (χ4n) is 4.91. The van der Waals surface area contributed by atoms with Gasteiger partial charge in [0.25, 0.3) is 5.82 Å². The van der Waals surface area contributed by atoms with E-state index < -0.39 is 0 Å². The van der Waals surface area contributed by atoms with Crippen LogP contribution in [0.4, 0.5) is 5.69 Å². The highest BCUT2D eigenvalue weighted by Crippen LogP contribution is 2.36. The van der Waals surface area contributed by atoms with Gasteiger partial charge in [0.15, 0.2) is 0 Å². The molecule has 0 atom stereocenters. The molecule has 3 aromatic rings. The lowest BCUT2D eigenvalue weighted by Gasteiger charge is -2.37. The van der Waals surface area contributed by atoms with Crippen LogP contribution in [-0.4, -0.2) is 18.1 Å². The maximum Gasteiger partial charge on any atom is 0.537 e. The Bertz CT molecular complexity index is 1050. The van der Waals surface area contributed by atoms with Gasteiger partial charge in [0.1, 0.15) is 12.4 Å². The van der Waals surface area contributed by atoms with Crippen LogP contribution in [0.25, 0.3) is 11.4 Å². The molecule has 0 saturated heterocycles. The molecule has 0 aliphatic carbocycles. The minimum atomic E-state index is 0.168. The standard InChI is InChI=1S/C25H33BN3/c1-17(2)16-29-22-13-9-10-19(5)23(22)25-27(7)14-15-28(25)26(29)24-20(6)11-8-12-21(24)18(3)4/h8-15,17-18H,16H2,1-7H3/q+1. The average molecular weight is 386 g/mol. The van der Waals surface area contributed by atoms with Crippen LogP contribution in [0.15, 0.2) is 48.8 Å². The second-order valence-corrected chi connectivity index (χ2v) is 9.26. The van der Waals surface area contributed by atoms with Gasteiger partial charge in [-0.3, -0.25) is 4.48 Å². The first-order valence-electron chi connectivity index (χ1n) is 10.8. The van der Waals surface area contributed by atoms with E-state index in [0.29, 0.717) is 11.8 Å². The monoisotopic (exact) mass is 386 g/mol. The van der Waals surface area contributed by atoms with E-state index in [1.54, 1.807) is 0 Å². The second kappa shape index (κ2) is 7.40. The van der Waals surface area contributed by atoms with Crippen LogP contribution in [0, 0.1) is 19.8 Å². The van der Waals surface area contributed by atoms with E-state index >= 15 is 0 Å². The third kappa shape index (κ3) is 3.19. The minimum Gasteiger partial charge on any atom is -0.369 e. The molecule has 4 rings (SSSR count). The maximum atomic E-state index is 2.63. The number of hydrogen-bond donors (Lipinski definition) is 0. The van der Waals surface area contributed by atoms with Gasteiger partial charge in [0.05, 0.1) is 12.6 Å². The van der Waals surface area contributed by atoms with Gasteiger partial charge in [0.2, 0.25) is 0 Å². The zero-order valence-corrected chi connectivity index (χ0v) is 18.9. The lowest BCUT2D eigenvalue weighted by molar-refractivity contribution is -0.524. The topological polar surface area (TPSA) is 12.1 Å². The summed E-state index contributed by atoms with van der Waals surface area (Å²) in [4.78, 5) is 2.63. The van der Waals surface area contributed by atoms with Crippen LogP contribution in [0.2, 0.25) is 0 Å². The number of fused-ring (bicyclic) bond motifs is 3. The van der Waals surface area contributed by atoms with E-state index in [4.69, 9.17) is 0 Å². The predicted octanol–water partition coefficient (Wildman–Crippen LogP) is 4.44. The molecule has 1 aliphatic heterocycles. The fourth-order valence-corrected chi connectivity index (χ4v) is 4.91. The third-order valence-electron chi connectivity index (χ3n) is 6.17. The molecule has 2 aromatic carbocycles. The Kier molecular flexibility index (Phi) is 5.06. The zero-order valence-electron chi connectivity index (χ0n) is 18.9. The Balaban J connectivity index is 2.06. The van der Waals surface area contributed by atoms with Gasteiger partial charge in [-0.2, -0.15) is 0 Å². The number of anilines is 1. The first-order chi connectivity index (χ1) is 13.8. The summed E-state index contributed by atoms with van der Waals surface area (Å²) in [6, 6.07) is 13.5. The molecule has 1 aromatic heterocycles. The first-order valence-corrected chi connectivity index (χ1v) is 10.8. The number of benzene rings is 2. The molecule has 0 unspecified atom stereocenters. The van der Waals surface area contributed by atoms with Gasteiger partial charge in [-0.15, -0.1) is 0 Å². The van der Waals surface area contributed by atoms with Crippen molar-refractivity contribution in [2.75, 3.05) is 11.4 Å². The summed E-state index contributed by atoms with van der Waals surface area (Å²) in [6.07, 6.45) is 4.46. The third-order valence-corrected chi connectivity index (χ3v) is 6.17. The van der Waals surface area contributed by atoms with Gasteiger partial charge in [0, 0.05) is 17.7 Å². The van der Waals surface area contributed by atoms with Gasteiger partial charge >= 0.3 is 6.98 Å². The molecule has 4 heteroatoms. The highest BCUT2D eigenvalue weighted by atomic mass is 15.2. The van der Waals surface area contributed by atoms with E-state index in [1.165, 1.54) is 39.2 Å². The Hall–Kier alpha value is -2.49. The van der Waals surface area contributed by atoms with Crippen LogP contribution in [0.1, 0.15) is 50.3 Å².